The van der Waals surface area contributed by atoms with Gasteiger partial charge in [-0.25, -0.2) is 0 Å². The van der Waals surface area contributed by atoms with Crippen LogP contribution in [0.5, 0.6) is 0 Å². The van der Waals surface area contributed by atoms with Crippen molar-refractivity contribution in [3.63, 3.8) is 0 Å². The largest absolute Gasteiger partial charge is 0.464 e. The van der Waals surface area contributed by atoms with Gasteiger partial charge in [-0.1, -0.05) is 12.1 Å². The van der Waals surface area contributed by atoms with Gasteiger partial charge in [-0.15, -0.1) is 0 Å². The highest BCUT2D eigenvalue weighted by atomic mass is 16.3. The van der Waals surface area contributed by atoms with E-state index in [1.165, 1.54) is 0 Å². The molecule has 2 nitrogen and oxygen atoms in total. The van der Waals surface area contributed by atoms with E-state index in [2.05, 4.69) is 0 Å². The number of rotatable bonds is 1. The average Bonchev–Trinajstić information content (AvgIpc) is 2.53. The molecule has 2 rings (SSSR count). The summed E-state index contributed by atoms with van der Waals surface area (Å²) in [5.74, 6) is 0. The fraction of sp³-hybridized carbons (Fsp3) is 0.273. The van der Waals surface area contributed by atoms with Crippen LogP contribution in [0, 0.1) is 6.92 Å². The fourth-order valence-corrected chi connectivity index (χ4v) is 1.59. The second kappa shape index (κ2) is 2.89. The van der Waals surface area contributed by atoms with E-state index in [1.54, 1.807) is 13.2 Å². The Morgan fingerprint density at radius 2 is 2.08 bits per heavy atom. The van der Waals surface area contributed by atoms with Gasteiger partial charge in [0, 0.05) is 5.39 Å². The van der Waals surface area contributed by atoms with Crippen LogP contribution in [0.2, 0.25) is 0 Å². The van der Waals surface area contributed by atoms with E-state index in [9.17, 15) is 5.11 Å². The molecule has 1 atom stereocenters. The van der Waals surface area contributed by atoms with Crippen LogP contribution in [0.4, 0.5) is 0 Å². The molecule has 1 aromatic heterocycles. The zero-order valence-electron chi connectivity index (χ0n) is 7.74. The number of aliphatic hydroxyl groups excluding tert-OH is 1. The number of aliphatic hydroxyl groups is 1. The third kappa shape index (κ3) is 1.23. The Labute approximate surface area is 76.8 Å². The SMILES string of the molecule is Cc1ccc([C@H](C)O)c2ccoc12. The van der Waals surface area contributed by atoms with Gasteiger partial charge in [0.1, 0.15) is 5.58 Å². The Morgan fingerprint density at radius 3 is 2.77 bits per heavy atom. The molecule has 0 fully saturated rings. The first-order valence-electron chi connectivity index (χ1n) is 4.35. The molecule has 0 bridgehead atoms. The van der Waals surface area contributed by atoms with E-state index in [0.29, 0.717) is 0 Å². The summed E-state index contributed by atoms with van der Waals surface area (Å²) >= 11 is 0. The number of benzene rings is 1. The summed E-state index contributed by atoms with van der Waals surface area (Å²) in [5.41, 5.74) is 2.90. The molecular formula is C11H12O2. The Hall–Kier alpha value is -1.28. The van der Waals surface area contributed by atoms with E-state index >= 15 is 0 Å². The van der Waals surface area contributed by atoms with Crippen LogP contribution in [-0.4, -0.2) is 5.11 Å². The van der Waals surface area contributed by atoms with Gasteiger partial charge in [0.2, 0.25) is 0 Å². The average molecular weight is 176 g/mol. The summed E-state index contributed by atoms with van der Waals surface area (Å²) in [4.78, 5) is 0. The summed E-state index contributed by atoms with van der Waals surface area (Å²) < 4.78 is 5.33. The fourth-order valence-electron chi connectivity index (χ4n) is 1.59. The van der Waals surface area contributed by atoms with Gasteiger partial charge in [0.25, 0.3) is 0 Å². The molecule has 0 saturated carbocycles. The first kappa shape index (κ1) is 8.32. The van der Waals surface area contributed by atoms with Crippen molar-refractivity contribution in [2.24, 2.45) is 0 Å². The lowest BCUT2D eigenvalue weighted by molar-refractivity contribution is 0.201. The van der Waals surface area contributed by atoms with Crippen LogP contribution >= 0.6 is 0 Å². The Balaban J connectivity index is 2.78. The smallest absolute Gasteiger partial charge is 0.137 e. The van der Waals surface area contributed by atoms with Crippen molar-refractivity contribution < 1.29 is 9.52 Å². The lowest BCUT2D eigenvalue weighted by Gasteiger charge is -2.06. The van der Waals surface area contributed by atoms with Crippen molar-refractivity contribution in [3.05, 3.63) is 35.6 Å². The molecule has 68 valence electrons. The number of hydrogen-bond donors (Lipinski definition) is 1. The monoisotopic (exact) mass is 176 g/mol. The van der Waals surface area contributed by atoms with E-state index in [4.69, 9.17) is 4.42 Å². The van der Waals surface area contributed by atoms with Crippen molar-refractivity contribution in [2.75, 3.05) is 0 Å². The molecule has 2 aromatic rings. The van der Waals surface area contributed by atoms with Crippen LogP contribution in [0.25, 0.3) is 11.0 Å². The van der Waals surface area contributed by atoms with Gasteiger partial charge >= 0.3 is 0 Å². The van der Waals surface area contributed by atoms with Crippen molar-refractivity contribution in [2.45, 2.75) is 20.0 Å². The molecule has 0 unspecified atom stereocenters. The second-order valence-corrected chi connectivity index (χ2v) is 3.31. The van der Waals surface area contributed by atoms with Gasteiger partial charge in [0.15, 0.2) is 0 Å². The van der Waals surface area contributed by atoms with Crippen molar-refractivity contribution in [3.8, 4) is 0 Å². The van der Waals surface area contributed by atoms with E-state index < -0.39 is 6.10 Å². The number of aryl methyl sites for hydroxylation is 1. The van der Waals surface area contributed by atoms with Crippen LogP contribution in [-0.2, 0) is 0 Å². The molecule has 1 aromatic carbocycles. The Bertz CT molecular complexity index is 427. The van der Waals surface area contributed by atoms with Crippen molar-refractivity contribution >= 4 is 11.0 Å². The maximum atomic E-state index is 9.49. The molecule has 0 spiro atoms. The van der Waals surface area contributed by atoms with Gasteiger partial charge in [0.05, 0.1) is 12.4 Å². The number of fused-ring (bicyclic) bond motifs is 1. The second-order valence-electron chi connectivity index (χ2n) is 3.31. The molecular weight excluding hydrogens is 164 g/mol. The predicted molar refractivity (Wildman–Crippen MR) is 51.6 cm³/mol. The number of hydrogen-bond acceptors (Lipinski definition) is 2. The highest BCUT2D eigenvalue weighted by Crippen LogP contribution is 2.27. The molecule has 0 aliphatic rings. The molecule has 0 aliphatic carbocycles. The van der Waals surface area contributed by atoms with Gasteiger partial charge < -0.3 is 9.52 Å². The highest BCUT2D eigenvalue weighted by molar-refractivity contribution is 5.84. The van der Waals surface area contributed by atoms with Gasteiger partial charge in [-0.3, -0.25) is 0 Å². The topological polar surface area (TPSA) is 33.4 Å². The normalized spacial score (nSPS) is 13.5. The Morgan fingerprint density at radius 1 is 1.31 bits per heavy atom. The zero-order valence-corrected chi connectivity index (χ0v) is 7.74. The highest BCUT2D eigenvalue weighted by Gasteiger charge is 2.09. The van der Waals surface area contributed by atoms with Crippen LogP contribution in [0.15, 0.2) is 28.9 Å². The summed E-state index contributed by atoms with van der Waals surface area (Å²) in [6.07, 6.45) is 1.21. The van der Waals surface area contributed by atoms with Crippen molar-refractivity contribution in [1.82, 2.24) is 0 Å². The minimum Gasteiger partial charge on any atom is -0.464 e. The zero-order chi connectivity index (χ0) is 9.42. The molecule has 0 radical (unpaired) electrons. The molecule has 0 amide bonds. The lowest BCUT2D eigenvalue weighted by Crippen LogP contribution is -1.91. The molecule has 2 heteroatoms. The molecule has 13 heavy (non-hydrogen) atoms. The minimum absolute atomic E-state index is 0.444. The standard InChI is InChI=1S/C11H12O2/c1-7-3-4-9(8(2)12)10-5-6-13-11(7)10/h3-6,8,12H,1-2H3/t8-/m0/s1. The maximum Gasteiger partial charge on any atom is 0.137 e. The minimum atomic E-state index is -0.444. The predicted octanol–water partition coefficient (Wildman–Crippen LogP) is 2.79. The molecule has 0 aliphatic heterocycles. The lowest BCUT2D eigenvalue weighted by atomic mass is 10.0. The van der Waals surface area contributed by atoms with E-state index in [1.807, 2.05) is 25.1 Å². The van der Waals surface area contributed by atoms with Crippen molar-refractivity contribution in [1.29, 1.82) is 0 Å². The third-order valence-electron chi connectivity index (χ3n) is 2.30. The first-order valence-corrected chi connectivity index (χ1v) is 4.35. The van der Waals surface area contributed by atoms with Gasteiger partial charge in [-0.2, -0.15) is 0 Å². The summed E-state index contributed by atoms with van der Waals surface area (Å²) in [7, 11) is 0. The molecule has 1 N–H and O–H groups in total. The van der Waals surface area contributed by atoms with Crippen LogP contribution < -0.4 is 0 Å². The quantitative estimate of drug-likeness (QED) is 0.724. The van der Waals surface area contributed by atoms with Gasteiger partial charge in [-0.05, 0) is 31.0 Å². The summed E-state index contributed by atoms with van der Waals surface area (Å²) in [6, 6.07) is 5.80. The first-order chi connectivity index (χ1) is 6.20. The number of furan rings is 1. The molecule has 1 heterocycles. The van der Waals surface area contributed by atoms with Crippen LogP contribution in [0.3, 0.4) is 0 Å². The molecule has 0 saturated heterocycles. The summed E-state index contributed by atoms with van der Waals surface area (Å²) in [6.45, 7) is 3.76. The van der Waals surface area contributed by atoms with Crippen LogP contribution in [0.1, 0.15) is 24.2 Å². The Kier molecular flexibility index (Phi) is 1.85. The van der Waals surface area contributed by atoms with E-state index in [-0.39, 0.29) is 0 Å². The third-order valence-corrected chi connectivity index (χ3v) is 2.30. The maximum absolute atomic E-state index is 9.49. The van der Waals surface area contributed by atoms with E-state index in [0.717, 1.165) is 22.1 Å². The summed E-state index contributed by atoms with van der Waals surface area (Å²) in [5, 5.41) is 10.5.